The van der Waals surface area contributed by atoms with Crippen LogP contribution in [0.25, 0.3) is 0 Å². The highest BCUT2D eigenvalue weighted by Crippen LogP contribution is 2.35. The number of carbonyl (C=O) groups excluding carboxylic acids is 1. The molecule has 2 N–H and O–H groups in total. The van der Waals surface area contributed by atoms with E-state index in [9.17, 15) is 13.2 Å². The van der Waals surface area contributed by atoms with Gasteiger partial charge >= 0.3 is 0 Å². The first-order chi connectivity index (χ1) is 15.9. The molecule has 0 radical (unpaired) electrons. The van der Waals surface area contributed by atoms with E-state index in [1.165, 1.54) is 16.6 Å². The summed E-state index contributed by atoms with van der Waals surface area (Å²) in [6.07, 6.45) is 2.93. The fourth-order valence-electron chi connectivity index (χ4n) is 4.34. The molecule has 2 aromatic rings. The lowest BCUT2D eigenvalue weighted by Crippen LogP contribution is -2.44. The number of rotatable bonds is 8. The fraction of sp³-hybridized carbons (Fsp3) is 0.522. The van der Waals surface area contributed by atoms with Crippen LogP contribution in [0.1, 0.15) is 35.8 Å². The van der Waals surface area contributed by atoms with Crippen LogP contribution in [0.4, 0.5) is 0 Å². The molecular formula is C23H31N3O6S. The van der Waals surface area contributed by atoms with Crippen molar-refractivity contribution >= 4 is 15.9 Å². The standard InChI is InChI=1S/C23H31N3O6S/c1-2-32-19-5-3-18(4-6-19)23(7-11-30-12-8-23)17-25-22(27)21-15-20(16-24-21)33(28,29)26-9-13-31-14-10-26/h3-6,15-16,24H,2,7-14,17H2,1H3,(H,25,27). The maximum Gasteiger partial charge on any atom is 0.267 e. The molecule has 1 aromatic carbocycles. The Hall–Kier alpha value is -2.40. The number of aromatic nitrogens is 1. The van der Waals surface area contributed by atoms with Gasteiger partial charge in [0.05, 0.1) is 19.8 Å². The van der Waals surface area contributed by atoms with Crippen LogP contribution >= 0.6 is 0 Å². The number of H-pyrrole nitrogens is 1. The SMILES string of the molecule is CCOc1ccc(C2(CNC(=O)c3cc(S(=O)(=O)N4CCOCC4)c[nH]3)CCOCC2)cc1. The van der Waals surface area contributed by atoms with Gasteiger partial charge in [-0.25, -0.2) is 8.42 Å². The lowest BCUT2D eigenvalue weighted by atomic mass is 9.74. The van der Waals surface area contributed by atoms with Crippen LogP contribution in [-0.2, 0) is 24.9 Å². The number of carbonyl (C=O) groups is 1. The summed E-state index contributed by atoms with van der Waals surface area (Å²) in [4.78, 5) is 15.8. The van der Waals surface area contributed by atoms with Crippen molar-refractivity contribution in [1.29, 1.82) is 0 Å². The van der Waals surface area contributed by atoms with Crippen LogP contribution in [0.3, 0.4) is 0 Å². The van der Waals surface area contributed by atoms with Crippen LogP contribution in [-0.4, -0.2) is 76.3 Å². The maximum absolute atomic E-state index is 12.9. The van der Waals surface area contributed by atoms with Gasteiger partial charge in [-0.05, 0) is 43.5 Å². The van der Waals surface area contributed by atoms with E-state index in [0.29, 0.717) is 52.7 Å². The van der Waals surface area contributed by atoms with E-state index in [2.05, 4.69) is 10.3 Å². The van der Waals surface area contributed by atoms with Gasteiger partial charge in [-0.1, -0.05) is 12.1 Å². The fourth-order valence-corrected chi connectivity index (χ4v) is 5.74. The highest BCUT2D eigenvalue weighted by molar-refractivity contribution is 7.89. The van der Waals surface area contributed by atoms with E-state index >= 15 is 0 Å². The third-order valence-corrected chi connectivity index (χ3v) is 8.20. The lowest BCUT2D eigenvalue weighted by molar-refractivity contribution is 0.0486. The molecule has 2 aliphatic heterocycles. The molecule has 10 heteroatoms. The molecule has 33 heavy (non-hydrogen) atoms. The number of nitrogens with one attached hydrogen (secondary N) is 2. The molecule has 1 aromatic heterocycles. The van der Waals surface area contributed by atoms with Crippen LogP contribution in [0.5, 0.6) is 5.75 Å². The largest absolute Gasteiger partial charge is 0.494 e. The number of morpholine rings is 1. The maximum atomic E-state index is 12.9. The number of aromatic amines is 1. The van der Waals surface area contributed by atoms with E-state index in [0.717, 1.165) is 24.2 Å². The van der Waals surface area contributed by atoms with Gasteiger partial charge < -0.3 is 24.5 Å². The number of amides is 1. The van der Waals surface area contributed by atoms with Crippen molar-refractivity contribution in [1.82, 2.24) is 14.6 Å². The van der Waals surface area contributed by atoms with Gasteiger partial charge in [-0.3, -0.25) is 4.79 Å². The van der Waals surface area contributed by atoms with E-state index in [-0.39, 0.29) is 21.9 Å². The number of hydrogen-bond donors (Lipinski definition) is 2. The summed E-state index contributed by atoms with van der Waals surface area (Å²) in [6, 6.07) is 9.39. The third kappa shape index (κ3) is 5.24. The van der Waals surface area contributed by atoms with Gasteiger partial charge in [0.1, 0.15) is 16.3 Å². The van der Waals surface area contributed by atoms with E-state index in [4.69, 9.17) is 14.2 Å². The molecule has 0 spiro atoms. The molecule has 1 amide bonds. The topological polar surface area (TPSA) is 110 Å². The Labute approximate surface area is 194 Å². The molecule has 0 unspecified atom stereocenters. The summed E-state index contributed by atoms with van der Waals surface area (Å²) in [6.45, 7) is 5.57. The molecule has 0 bridgehead atoms. The van der Waals surface area contributed by atoms with Crippen LogP contribution in [0, 0.1) is 0 Å². The van der Waals surface area contributed by atoms with Crippen molar-refractivity contribution in [3.63, 3.8) is 0 Å². The highest BCUT2D eigenvalue weighted by atomic mass is 32.2. The van der Waals surface area contributed by atoms with Gasteiger partial charge in [0.2, 0.25) is 10.0 Å². The summed E-state index contributed by atoms with van der Waals surface area (Å²) < 4.78 is 43.4. The summed E-state index contributed by atoms with van der Waals surface area (Å²) in [5.41, 5.74) is 1.08. The molecule has 2 fully saturated rings. The minimum atomic E-state index is -3.66. The molecule has 0 saturated carbocycles. The normalized spacial score (nSPS) is 19.2. The summed E-state index contributed by atoms with van der Waals surface area (Å²) in [5.74, 6) is 0.475. The molecule has 3 heterocycles. The first kappa shape index (κ1) is 23.7. The van der Waals surface area contributed by atoms with Gasteiger partial charge in [0.15, 0.2) is 0 Å². The second kappa shape index (κ2) is 10.3. The quantitative estimate of drug-likeness (QED) is 0.601. The van der Waals surface area contributed by atoms with E-state index in [1.807, 2.05) is 31.2 Å². The minimum Gasteiger partial charge on any atom is -0.494 e. The smallest absolute Gasteiger partial charge is 0.267 e. The van der Waals surface area contributed by atoms with E-state index in [1.54, 1.807) is 0 Å². The summed E-state index contributed by atoms with van der Waals surface area (Å²) >= 11 is 0. The monoisotopic (exact) mass is 477 g/mol. The minimum absolute atomic E-state index is 0.0850. The Bertz CT molecular complexity index is 1040. The number of sulfonamides is 1. The van der Waals surface area contributed by atoms with Crippen molar-refractivity contribution in [3.05, 3.63) is 47.8 Å². The Balaban J connectivity index is 1.46. The molecule has 2 aliphatic rings. The predicted molar refractivity (Wildman–Crippen MR) is 122 cm³/mol. The number of benzene rings is 1. The molecule has 4 rings (SSSR count). The van der Waals surface area contributed by atoms with E-state index < -0.39 is 10.0 Å². The first-order valence-corrected chi connectivity index (χ1v) is 12.7. The Morgan fingerprint density at radius 3 is 2.45 bits per heavy atom. The summed E-state index contributed by atoms with van der Waals surface area (Å²) in [7, 11) is -3.66. The van der Waals surface area contributed by atoms with Crippen LogP contribution < -0.4 is 10.1 Å². The summed E-state index contributed by atoms with van der Waals surface area (Å²) in [5, 5.41) is 3.01. The number of hydrogen-bond acceptors (Lipinski definition) is 6. The molecule has 0 atom stereocenters. The van der Waals surface area contributed by atoms with Crippen LogP contribution in [0.2, 0.25) is 0 Å². The Morgan fingerprint density at radius 1 is 1.12 bits per heavy atom. The Morgan fingerprint density at radius 2 is 1.79 bits per heavy atom. The number of nitrogens with zero attached hydrogens (tertiary/aromatic N) is 1. The van der Waals surface area contributed by atoms with Crippen LogP contribution in [0.15, 0.2) is 41.4 Å². The lowest BCUT2D eigenvalue weighted by Gasteiger charge is -2.38. The Kier molecular flexibility index (Phi) is 7.38. The van der Waals surface area contributed by atoms with Gasteiger partial charge in [0.25, 0.3) is 5.91 Å². The van der Waals surface area contributed by atoms with Crippen molar-refractivity contribution in [2.45, 2.75) is 30.1 Å². The molecule has 180 valence electrons. The van der Waals surface area contributed by atoms with Crippen molar-refractivity contribution in [2.24, 2.45) is 0 Å². The molecule has 9 nitrogen and oxygen atoms in total. The zero-order chi connectivity index (χ0) is 23.3. The zero-order valence-corrected chi connectivity index (χ0v) is 19.7. The first-order valence-electron chi connectivity index (χ1n) is 11.3. The molecular weight excluding hydrogens is 446 g/mol. The molecule has 2 saturated heterocycles. The van der Waals surface area contributed by atoms with Gasteiger partial charge in [-0.2, -0.15) is 4.31 Å². The number of ether oxygens (including phenoxy) is 3. The third-order valence-electron chi connectivity index (χ3n) is 6.32. The predicted octanol–water partition coefficient (Wildman–Crippen LogP) is 1.91. The van der Waals surface area contributed by atoms with Crippen molar-refractivity contribution in [3.8, 4) is 5.75 Å². The van der Waals surface area contributed by atoms with Gasteiger partial charge in [0, 0.05) is 44.5 Å². The van der Waals surface area contributed by atoms with Crippen molar-refractivity contribution in [2.75, 3.05) is 52.7 Å². The van der Waals surface area contributed by atoms with Gasteiger partial charge in [-0.15, -0.1) is 0 Å². The second-order valence-corrected chi connectivity index (χ2v) is 10.2. The highest BCUT2D eigenvalue weighted by Gasteiger charge is 2.35. The molecule has 0 aliphatic carbocycles. The van der Waals surface area contributed by atoms with Crippen molar-refractivity contribution < 1.29 is 27.4 Å². The average molecular weight is 478 g/mol. The zero-order valence-electron chi connectivity index (χ0n) is 18.8. The second-order valence-electron chi connectivity index (χ2n) is 8.30. The average Bonchev–Trinajstić information content (AvgIpc) is 3.36.